The number of nitrogen functional groups attached to an aromatic ring is 1. The lowest BCUT2D eigenvalue weighted by Crippen LogP contribution is -2.12. The molecule has 1 unspecified atom stereocenters. The minimum Gasteiger partial charge on any atom is -0.397 e. The molecule has 3 nitrogen and oxygen atoms in total. The van der Waals surface area contributed by atoms with Crippen LogP contribution in [0.1, 0.15) is 25.1 Å². The predicted molar refractivity (Wildman–Crippen MR) is 45.9 cm³/mol. The lowest BCUT2D eigenvalue weighted by molar-refractivity contribution is 0.678. The van der Waals surface area contributed by atoms with Gasteiger partial charge in [-0.3, -0.25) is 4.98 Å². The highest BCUT2D eigenvalue weighted by Crippen LogP contribution is 2.16. The Morgan fingerprint density at radius 1 is 1.64 bits per heavy atom. The van der Waals surface area contributed by atoms with E-state index in [4.69, 9.17) is 11.5 Å². The second-order valence-corrected chi connectivity index (χ2v) is 2.49. The smallest absolute Gasteiger partial charge is 0.0799 e. The topological polar surface area (TPSA) is 64.9 Å². The number of aromatic nitrogens is 1. The van der Waals surface area contributed by atoms with Gasteiger partial charge in [-0.15, -0.1) is 0 Å². The van der Waals surface area contributed by atoms with Gasteiger partial charge in [0.25, 0.3) is 0 Å². The van der Waals surface area contributed by atoms with Gasteiger partial charge in [-0.25, -0.2) is 0 Å². The van der Waals surface area contributed by atoms with Gasteiger partial charge in [0, 0.05) is 12.2 Å². The highest BCUT2D eigenvalue weighted by molar-refractivity contribution is 5.43. The second kappa shape index (κ2) is 3.34. The molecule has 0 aliphatic heterocycles. The number of nitrogens with zero attached hydrogens (tertiary/aromatic N) is 1. The molecule has 0 saturated heterocycles. The summed E-state index contributed by atoms with van der Waals surface area (Å²) < 4.78 is 0. The second-order valence-electron chi connectivity index (χ2n) is 2.49. The van der Waals surface area contributed by atoms with E-state index in [1.807, 2.05) is 13.0 Å². The van der Waals surface area contributed by atoms with Gasteiger partial charge in [-0.1, -0.05) is 6.92 Å². The molecule has 1 heterocycles. The third-order valence-electron chi connectivity index (χ3n) is 1.66. The molecule has 0 saturated carbocycles. The van der Waals surface area contributed by atoms with Crippen molar-refractivity contribution in [3.8, 4) is 0 Å². The van der Waals surface area contributed by atoms with Crippen LogP contribution >= 0.6 is 0 Å². The summed E-state index contributed by atoms with van der Waals surface area (Å²) in [5, 5.41) is 0. The van der Waals surface area contributed by atoms with Crippen LogP contribution in [0.15, 0.2) is 18.3 Å². The largest absolute Gasteiger partial charge is 0.397 e. The van der Waals surface area contributed by atoms with E-state index < -0.39 is 0 Å². The number of pyridine rings is 1. The summed E-state index contributed by atoms with van der Waals surface area (Å²) in [5.74, 6) is 0. The zero-order chi connectivity index (χ0) is 8.27. The maximum absolute atomic E-state index is 5.75. The molecule has 1 aromatic rings. The van der Waals surface area contributed by atoms with Gasteiger partial charge in [-0.05, 0) is 18.6 Å². The lowest BCUT2D eigenvalue weighted by atomic mass is 10.1. The summed E-state index contributed by atoms with van der Waals surface area (Å²) in [6.07, 6.45) is 2.57. The van der Waals surface area contributed by atoms with E-state index in [0.717, 1.165) is 12.1 Å². The standard InChI is InChI=1S/C8H13N3/c1-2-6(9)8-7(10)4-3-5-11-8/h3-6H,2,9-10H2,1H3. The quantitative estimate of drug-likeness (QED) is 0.664. The maximum atomic E-state index is 5.75. The van der Waals surface area contributed by atoms with E-state index in [0.29, 0.717) is 5.69 Å². The van der Waals surface area contributed by atoms with Crippen LogP contribution in [0.3, 0.4) is 0 Å². The molecule has 0 bridgehead atoms. The fraction of sp³-hybridized carbons (Fsp3) is 0.375. The van der Waals surface area contributed by atoms with Crippen LogP contribution in [0, 0.1) is 0 Å². The van der Waals surface area contributed by atoms with Gasteiger partial charge in [0.1, 0.15) is 0 Å². The van der Waals surface area contributed by atoms with Crippen molar-refractivity contribution in [2.75, 3.05) is 5.73 Å². The van der Waals surface area contributed by atoms with Crippen molar-refractivity contribution in [3.05, 3.63) is 24.0 Å². The van der Waals surface area contributed by atoms with E-state index in [-0.39, 0.29) is 6.04 Å². The van der Waals surface area contributed by atoms with Crippen molar-refractivity contribution in [1.82, 2.24) is 4.98 Å². The molecular weight excluding hydrogens is 138 g/mol. The number of nitrogens with two attached hydrogens (primary N) is 2. The van der Waals surface area contributed by atoms with Crippen LogP contribution in [0.5, 0.6) is 0 Å². The third kappa shape index (κ3) is 1.68. The molecule has 0 spiro atoms. The van der Waals surface area contributed by atoms with Crippen molar-refractivity contribution in [3.63, 3.8) is 0 Å². The van der Waals surface area contributed by atoms with Gasteiger partial charge in [-0.2, -0.15) is 0 Å². The Morgan fingerprint density at radius 3 is 2.91 bits per heavy atom. The Balaban J connectivity index is 2.93. The van der Waals surface area contributed by atoms with Crippen LogP contribution in [-0.4, -0.2) is 4.98 Å². The van der Waals surface area contributed by atoms with Crippen LogP contribution < -0.4 is 11.5 Å². The van der Waals surface area contributed by atoms with Gasteiger partial charge in [0.2, 0.25) is 0 Å². The lowest BCUT2D eigenvalue weighted by Gasteiger charge is -2.09. The SMILES string of the molecule is CCC(N)c1ncccc1N. The van der Waals surface area contributed by atoms with Crippen molar-refractivity contribution in [2.24, 2.45) is 5.73 Å². The van der Waals surface area contributed by atoms with E-state index in [1.165, 1.54) is 0 Å². The van der Waals surface area contributed by atoms with Gasteiger partial charge in [0.05, 0.1) is 11.4 Å². The van der Waals surface area contributed by atoms with Gasteiger partial charge >= 0.3 is 0 Å². The average molecular weight is 151 g/mol. The highest BCUT2D eigenvalue weighted by Gasteiger charge is 2.06. The molecule has 1 aromatic heterocycles. The zero-order valence-electron chi connectivity index (χ0n) is 6.62. The Morgan fingerprint density at radius 2 is 2.36 bits per heavy atom. The first-order chi connectivity index (χ1) is 5.25. The number of hydrogen-bond acceptors (Lipinski definition) is 3. The molecule has 0 aromatic carbocycles. The monoisotopic (exact) mass is 151 g/mol. The van der Waals surface area contributed by atoms with Crippen LogP contribution in [0.25, 0.3) is 0 Å². The maximum Gasteiger partial charge on any atom is 0.0799 e. The van der Waals surface area contributed by atoms with Crippen molar-refractivity contribution in [2.45, 2.75) is 19.4 Å². The zero-order valence-corrected chi connectivity index (χ0v) is 6.62. The number of hydrogen-bond donors (Lipinski definition) is 2. The molecule has 0 amide bonds. The summed E-state index contributed by atoms with van der Waals surface area (Å²) in [7, 11) is 0. The first-order valence-electron chi connectivity index (χ1n) is 3.71. The first kappa shape index (κ1) is 8.01. The van der Waals surface area contributed by atoms with E-state index >= 15 is 0 Å². The Bertz CT molecular complexity index is 235. The highest BCUT2D eigenvalue weighted by atomic mass is 14.8. The summed E-state index contributed by atoms with van der Waals surface area (Å²) in [5.41, 5.74) is 12.9. The summed E-state index contributed by atoms with van der Waals surface area (Å²) in [6, 6.07) is 3.59. The average Bonchev–Trinajstić information content (AvgIpc) is 2.04. The van der Waals surface area contributed by atoms with Gasteiger partial charge < -0.3 is 11.5 Å². The molecule has 0 fully saturated rings. The molecule has 11 heavy (non-hydrogen) atoms. The van der Waals surface area contributed by atoms with Gasteiger partial charge in [0.15, 0.2) is 0 Å². The van der Waals surface area contributed by atoms with Crippen molar-refractivity contribution >= 4 is 5.69 Å². The van der Waals surface area contributed by atoms with E-state index in [9.17, 15) is 0 Å². The van der Waals surface area contributed by atoms with Crippen molar-refractivity contribution in [1.29, 1.82) is 0 Å². The molecule has 0 aliphatic rings. The molecule has 0 radical (unpaired) electrons. The predicted octanol–water partition coefficient (Wildman–Crippen LogP) is 1.07. The van der Waals surface area contributed by atoms with Crippen LogP contribution in [0.2, 0.25) is 0 Å². The molecule has 60 valence electrons. The summed E-state index contributed by atoms with van der Waals surface area (Å²) >= 11 is 0. The Labute approximate surface area is 66.4 Å². The summed E-state index contributed by atoms with van der Waals surface area (Å²) in [6.45, 7) is 2.01. The minimum atomic E-state index is -0.0313. The Kier molecular flexibility index (Phi) is 2.44. The normalized spacial score (nSPS) is 12.9. The minimum absolute atomic E-state index is 0.0313. The molecule has 1 rings (SSSR count). The molecule has 0 aliphatic carbocycles. The van der Waals surface area contributed by atoms with Crippen molar-refractivity contribution < 1.29 is 0 Å². The third-order valence-corrected chi connectivity index (χ3v) is 1.66. The number of anilines is 1. The fourth-order valence-corrected chi connectivity index (χ4v) is 0.933. The van der Waals surface area contributed by atoms with Crippen LogP contribution in [-0.2, 0) is 0 Å². The molecule has 3 heteroatoms. The Hall–Kier alpha value is -1.09. The van der Waals surface area contributed by atoms with E-state index in [2.05, 4.69) is 4.98 Å². The fourth-order valence-electron chi connectivity index (χ4n) is 0.933. The first-order valence-corrected chi connectivity index (χ1v) is 3.71. The molecular formula is C8H13N3. The molecule has 1 atom stereocenters. The van der Waals surface area contributed by atoms with E-state index in [1.54, 1.807) is 12.3 Å². The molecule has 4 N–H and O–H groups in total. The summed E-state index contributed by atoms with van der Waals surface area (Å²) in [4.78, 5) is 4.10. The van der Waals surface area contributed by atoms with Crippen LogP contribution in [0.4, 0.5) is 5.69 Å². The number of rotatable bonds is 2.